The first-order valence-corrected chi connectivity index (χ1v) is 8.19. The molecule has 7 heteroatoms. The minimum Gasteiger partial charge on any atom is -0.352 e. The number of anilines is 1. The zero-order valence-electron chi connectivity index (χ0n) is 12.8. The average Bonchev–Trinajstić information content (AvgIpc) is 2.54. The fraction of sp³-hybridized carbons (Fsp3) is 0.176. The molecule has 2 aromatic carbocycles. The topological polar surface area (TPSA) is 70.2 Å². The lowest BCUT2D eigenvalue weighted by Crippen LogP contribution is -2.32. The molecule has 0 fully saturated rings. The summed E-state index contributed by atoms with van der Waals surface area (Å²) in [5, 5.41) is 8.00. The Labute approximate surface area is 147 Å². The Kier molecular flexibility index (Phi) is 6.74. The quantitative estimate of drug-likeness (QED) is 0.656. The van der Waals surface area contributed by atoms with Gasteiger partial charge in [-0.2, -0.15) is 0 Å². The van der Waals surface area contributed by atoms with Crippen LogP contribution in [0.25, 0.3) is 0 Å². The summed E-state index contributed by atoms with van der Waals surface area (Å²) >= 11 is 3.32. The fourth-order valence-electron chi connectivity index (χ4n) is 1.97. The summed E-state index contributed by atoms with van der Waals surface area (Å²) in [5.74, 6) is -1.02. The first kappa shape index (κ1) is 17.9. The molecule has 0 unspecified atom stereocenters. The van der Waals surface area contributed by atoms with Crippen LogP contribution in [-0.2, 0) is 0 Å². The van der Waals surface area contributed by atoms with Gasteiger partial charge in [0.05, 0.1) is 5.56 Å². The molecular weight excluding hydrogens is 377 g/mol. The van der Waals surface area contributed by atoms with E-state index in [2.05, 4.69) is 31.9 Å². The van der Waals surface area contributed by atoms with Crippen LogP contribution in [0.2, 0.25) is 0 Å². The fourth-order valence-corrected chi connectivity index (χ4v) is 2.37. The Morgan fingerprint density at radius 1 is 1.00 bits per heavy atom. The van der Waals surface area contributed by atoms with Crippen molar-refractivity contribution in [1.82, 2.24) is 10.6 Å². The van der Waals surface area contributed by atoms with E-state index >= 15 is 0 Å². The molecule has 24 heavy (non-hydrogen) atoms. The lowest BCUT2D eigenvalue weighted by atomic mass is 10.2. The van der Waals surface area contributed by atoms with Crippen LogP contribution in [0.5, 0.6) is 0 Å². The molecule has 0 atom stereocenters. The molecule has 5 nitrogen and oxygen atoms in total. The van der Waals surface area contributed by atoms with Gasteiger partial charge in [0.1, 0.15) is 5.82 Å². The van der Waals surface area contributed by atoms with Crippen LogP contribution in [0.1, 0.15) is 16.8 Å². The number of carbonyl (C=O) groups is 2. The molecule has 0 aliphatic carbocycles. The zero-order valence-corrected chi connectivity index (χ0v) is 14.4. The molecule has 2 rings (SSSR count). The average molecular weight is 394 g/mol. The minimum atomic E-state index is -0.554. The van der Waals surface area contributed by atoms with Crippen LogP contribution in [0.4, 0.5) is 14.9 Å². The van der Waals surface area contributed by atoms with Crippen molar-refractivity contribution in [2.75, 3.05) is 18.4 Å². The molecule has 0 saturated heterocycles. The normalized spacial score (nSPS) is 10.1. The van der Waals surface area contributed by atoms with Crippen molar-refractivity contribution in [1.29, 1.82) is 0 Å². The number of carbonyl (C=O) groups excluding carboxylic acids is 2. The number of halogens is 2. The van der Waals surface area contributed by atoms with E-state index < -0.39 is 11.7 Å². The van der Waals surface area contributed by atoms with Crippen LogP contribution in [0.15, 0.2) is 53.0 Å². The lowest BCUT2D eigenvalue weighted by molar-refractivity contribution is 0.0949. The summed E-state index contributed by atoms with van der Waals surface area (Å²) in [5.41, 5.74) is 0.688. The van der Waals surface area contributed by atoms with Crippen LogP contribution < -0.4 is 16.0 Å². The second-order valence-corrected chi connectivity index (χ2v) is 5.90. The maximum Gasteiger partial charge on any atom is 0.319 e. The Bertz CT molecular complexity index is 724. The predicted molar refractivity (Wildman–Crippen MR) is 94.5 cm³/mol. The van der Waals surface area contributed by atoms with Crippen LogP contribution in [-0.4, -0.2) is 25.0 Å². The van der Waals surface area contributed by atoms with E-state index in [-0.39, 0.29) is 11.6 Å². The summed E-state index contributed by atoms with van der Waals surface area (Å²) in [4.78, 5) is 23.5. The van der Waals surface area contributed by atoms with Crippen LogP contribution >= 0.6 is 15.9 Å². The SMILES string of the molecule is O=C(NCCCNC(=O)c1ccccc1F)Nc1cccc(Br)c1. The number of nitrogens with one attached hydrogen (secondary N) is 3. The van der Waals surface area contributed by atoms with Gasteiger partial charge in [-0.05, 0) is 36.8 Å². The van der Waals surface area contributed by atoms with Gasteiger partial charge in [-0.25, -0.2) is 9.18 Å². The number of hydrogen-bond donors (Lipinski definition) is 3. The van der Waals surface area contributed by atoms with Crippen molar-refractivity contribution in [3.63, 3.8) is 0 Å². The Morgan fingerprint density at radius 2 is 1.75 bits per heavy atom. The molecule has 3 N–H and O–H groups in total. The first-order chi connectivity index (χ1) is 11.6. The molecule has 126 valence electrons. The van der Waals surface area contributed by atoms with Crippen molar-refractivity contribution >= 4 is 33.6 Å². The van der Waals surface area contributed by atoms with E-state index in [0.29, 0.717) is 25.2 Å². The molecule has 0 heterocycles. The van der Waals surface area contributed by atoms with Gasteiger partial charge in [0.25, 0.3) is 5.91 Å². The summed E-state index contributed by atoms with van der Waals surface area (Å²) < 4.78 is 14.3. The summed E-state index contributed by atoms with van der Waals surface area (Å²) in [6.07, 6.45) is 0.534. The molecular formula is C17H17BrFN3O2. The van der Waals surface area contributed by atoms with Crippen molar-refractivity contribution in [2.24, 2.45) is 0 Å². The van der Waals surface area contributed by atoms with Crippen LogP contribution in [0.3, 0.4) is 0 Å². The van der Waals surface area contributed by atoms with E-state index in [1.807, 2.05) is 12.1 Å². The van der Waals surface area contributed by atoms with Crippen molar-refractivity contribution in [2.45, 2.75) is 6.42 Å². The van der Waals surface area contributed by atoms with Crippen molar-refractivity contribution < 1.29 is 14.0 Å². The maximum absolute atomic E-state index is 13.4. The van der Waals surface area contributed by atoms with E-state index in [1.165, 1.54) is 18.2 Å². The van der Waals surface area contributed by atoms with Crippen molar-refractivity contribution in [3.05, 3.63) is 64.4 Å². The first-order valence-electron chi connectivity index (χ1n) is 7.39. The van der Waals surface area contributed by atoms with Gasteiger partial charge >= 0.3 is 6.03 Å². The molecule has 0 saturated carbocycles. The summed E-state index contributed by atoms with van der Waals surface area (Å²) in [6.45, 7) is 0.724. The van der Waals surface area contributed by atoms with Crippen LogP contribution in [0, 0.1) is 5.82 Å². The monoisotopic (exact) mass is 393 g/mol. The van der Waals surface area contributed by atoms with Crippen molar-refractivity contribution in [3.8, 4) is 0 Å². The second-order valence-electron chi connectivity index (χ2n) is 4.98. The smallest absolute Gasteiger partial charge is 0.319 e. The lowest BCUT2D eigenvalue weighted by Gasteiger charge is -2.09. The molecule has 0 bridgehead atoms. The van der Waals surface area contributed by atoms with Gasteiger partial charge < -0.3 is 16.0 Å². The van der Waals surface area contributed by atoms with Gasteiger partial charge in [0.15, 0.2) is 0 Å². The maximum atomic E-state index is 13.4. The largest absolute Gasteiger partial charge is 0.352 e. The Balaban J connectivity index is 1.65. The minimum absolute atomic E-state index is 0.0119. The summed E-state index contributed by atoms with van der Waals surface area (Å²) in [6, 6.07) is 12.7. The highest BCUT2D eigenvalue weighted by Gasteiger charge is 2.09. The van der Waals surface area contributed by atoms with Gasteiger partial charge in [-0.3, -0.25) is 4.79 Å². The molecule has 0 spiro atoms. The molecule has 0 aromatic heterocycles. The third kappa shape index (κ3) is 5.66. The van der Waals surface area contributed by atoms with E-state index in [4.69, 9.17) is 0 Å². The molecule has 3 amide bonds. The molecule has 0 radical (unpaired) electrons. The Hall–Kier alpha value is -2.41. The number of amides is 3. The van der Waals surface area contributed by atoms with Gasteiger partial charge in [-0.15, -0.1) is 0 Å². The Morgan fingerprint density at radius 3 is 2.50 bits per heavy atom. The zero-order chi connectivity index (χ0) is 17.4. The summed E-state index contributed by atoms with van der Waals surface area (Å²) in [7, 11) is 0. The third-order valence-corrected chi connectivity index (χ3v) is 3.62. The van der Waals surface area contributed by atoms with Gasteiger partial charge in [0, 0.05) is 23.2 Å². The van der Waals surface area contributed by atoms with Gasteiger partial charge in [-0.1, -0.05) is 34.1 Å². The standard InChI is InChI=1S/C17H17BrFN3O2/c18-12-5-3-6-13(11-12)22-17(24)21-10-4-9-20-16(23)14-7-1-2-8-15(14)19/h1-3,5-8,11H,4,9-10H2,(H,20,23)(H2,21,22,24). The molecule has 0 aliphatic heterocycles. The van der Waals surface area contributed by atoms with E-state index in [0.717, 1.165) is 4.47 Å². The predicted octanol–water partition coefficient (Wildman–Crippen LogP) is 3.53. The van der Waals surface area contributed by atoms with E-state index in [1.54, 1.807) is 18.2 Å². The highest BCUT2D eigenvalue weighted by molar-refractivity contribution is 9.10. The molecule has 0 aliphatic rings. The van der Waals surface area contributed by atoms with Gasteiger partial charge in [0.2, 0.25) is 0 Å². The van der Waals surface area contributed by atoms with E-state index in [9.17, 15) is 14.0 Å². The second kappa shape index (κ2) is 9.02. The number of rotatable bonds is 6. The number of urea groups is 1. The highest BCUT2D eigenvalue weighted by atomic mass is 79.9. The number of benzene rings is 2. The highest BCUT2D eigenvalue weighted by Crippen LogP contribution is 2.15. The third-order valence-electron chi connectivity index (χ3n) is 3.13. The molecule has 2 aromatic rings. The number of hydrogen-bond acceptors (Lipinski definition) is 2.